The monoisotopic (exact) mass is 516 g/mol. The highest BCUT2D eigenvalue weighted by Gasteiger charge is 2.42. The van der Waals surface area contributed by atoms with Crippen LogP contribution in [0.4, 0.5) is 0 Å². The molecule has 0 aliphatic rings. The second kappa shape index (κ2) is 22.2. The van der Waals surface area contributed by atoms with Gasteiger partial charge in [-0.2, -0.15) is 0 Å². The molecule has 36 heavy (non-hydrogen) atoms. The highest BCUT2D eigenvalue weighted by molar-refractivity contribution is 5.89. The number of ether oxygens (including phenoxy) is 2. The van der Waals surface area contributed by atoms with Crippen molar-refractivity contribution in [2.45, 2.75) is 121 Å². The van der Waals surface area contributed by atoms with Crippen LogP contribution in [0.25, 0.3) is 0 Å². The lowest BCUT2D eigenvalue weighted by Gasteiger charge is -2.21. The van der Waals surface area contributed by atoms with Crippen LogP contribution in [0.3, 0.4) is 0 Å². The van der Waals surface area contributed by atoms with Gasteiger partial charge < -0.3 is 29.9 Å². The van der Waals surface area contributed by atoms with Gasteiger partial charge in [0.1, 0.15) is 12.7 Å². The van der Waals surface area contributed by atoms with Gasteiger partial charge in [-0.3, -0.25) is 9.59 Å². The molecule has 0 aromatic carbocycles. The lowest BCUT2D eigenvalue weighted by atomic mass is 9.96. The maximum atomic E-state index is 11.9. The standard InChI is InChI=1S/C27H48O9/c1-2-3-4-5-6-7-8-9-10-11-12-13-14-15-16-17-18-35-24(30)19-27(34,26(32)33)20-25(31)36-22-23(29)21-28/h9-10,23,28-29,34H,2-8,11-22H2,1H3,(H,32,33)/b10-9-. The molecule has 0 aliphatic carbocycles. The van der Waals surface area contributed by atoms with Gasteiger partial charge in [-0.25, -0.2) is 4.79 Å². The highest BCUT2D eigenvalue weighted by atomic mass is 16.5. The van der Waals surface area contributed by atoms with Crippen molar-refractivity contribution in [1.29, 1.82) is 0 Å². The molecule has 0 aromatic rings. The highest BCUT2D eigenvalue weighted by Crippen LogP contribution is 2.18. The maximum Gasteiger partial charge on any atom is 0.336 e. The van der Waals surface area contributed by atoms with E-state index in [2.05, 4.69) is 23.8 Å². The third-order valence-electron chi connectivity index (χ3n) is 5.84. The first-order valence-corrected chi connectivity index (χ1v) is 13.5. The van der Waals surface area contributed by atoms with Gasteiger partial charge in [-0.05, 0) is 32.1 Å². The molecule has 0 rings (SSSR count). The van der Waals surface area contributed by atoms with Crippen LogP contribution >= 0.6 is 0 Å². The van der Waals surface area contributed by atoms with Gasteiger partial charge in [0.25, 0.3) is 0 Å². The predicted octanol–water partition coefficient (Wildman–Crippen LogP) is 4.06. The fraction of sp³-hybridized carbons (Fsp3) is 0.815. The maximum absolute atomic E-state index is 11.9. The zero-order valence-corrected chi connectivity index (χ0v) is 22.0. The number of aliphatic carboxylic acids is 1. The Balaban J connectivity index is 3.82. The summed E-state index contributed by atoms with van der Waals surface area (Å²) in [7, 11) is 0. The smallest absolute Gasteiger partial charge is 0.336 e. The Morgan fingerprint density at radius 3 is 1.75 bits per heavy atom. The molecule has 0 bridgehead atoms. The molecular weight excluding hydrogens is 468 g/mol. The molecule has 2 unspecified atom stereocenters. The Bertz CT molecular complexity index is 620. The van der Waals surface area contributed by atoms with E-state index in [1.54, 1.807) is 0 Å². The number of carbonyl (C=O) groups is 3. The van der Waals surface area contributed by atoms with E-state index in [9.17, 15) is 24.6 Å². The van der Waals surface area contributed by atoms with Crippen molar-refractivity contribution in [3.63, 3.8) is 0 Å². The van der Waals surface area contributed by atoms with Crippen molar-refractivity contribution >= 4 is 17.9 Å². The molecule has 0 saturated heterocycles. The first-order valence-electron chi connectivity index (χ1n) is 13.5. The van der Waals surface area contributed by atoms with E-state index >= 15 is 0 Å². The second-order valence-corrected chi connectivity index (χ2v) is 9.37. The Labute approximate surface area is 215 Å². The minimum absolute atomic E-state index is 0.114. The third kappa shape index (κ3) is 19.2. The summed E-state index contributed by atoms with van der Waals surface area (Å²) in [5.74, 6) is -3.79. The van der Waals surface area contributed by atoms with Crippen molar-refractivity contribution in [3.05, 3.63) is 12.2 Å². The Kier molecular flexibility index (Phi) is 21.0. The van der Waals surface area contributed by atoms with Crippen molar-refractivity contribution in [1.82, 2.24) is 0 Å². The summed E-state index contributed by atoms with van der Waals surface area (Å²) >= 11 is 0. The zero-order valence-electron chi connectivity index (χ0n) is 22.0. The van der Waals surface area contributed by atoms with Gasteiger partial charge in [0.2, 0.25) is 0 Å². The topological polar surface area (TPSA) is 151 Å². The summed E-state index contributed by atoms with van der Waals surface area (Å²) in [4.78, 5) is 35.0. The molecule has 0 aromatic heterocycles. The number of allylic oxidation sites excluding steroid dienone is 2. The third-order valence-corrected chi connectivity index (χ3v) is 5.84. The van der Waals surface area contributed by atoms with Gasteiger partial charge in [0.05, 0.1) is 26.1 Å². The van der Waals surface area contributed by atoms with Crippen LogP contribution in [0.15, 0.2) is 12.2 Å². The van der Waals surface area contributed by atoms with Crippen LogP contribution in [0, 0.1) is 0 Å². The van der Waals surface area contributed by atoms with E-state index in [-0.39, 0.29) is 6.61 Å². The molecule has 0 fully saturated rings. The summed E-state index contributed by atoms with van der Waals surface area (Å²) in [5.41, 5.74) is -2.67. The van der Waals surface area contributed by atoms with E-state index in [4.69, 9.17) is 14.9 Å². The van der Waals surface area contributed by atoms with Crippen LogP contribution in [0.1, 0.15) is 110 Å². The largest absolute Gasteiger partial charge is 0.479 e. The van der Waals surface area contributed by atoms with E-state index in [0.29, 0.717) is 6.42 Å². The number of carboxylic acids is 1. The number of carboxylic acid groups (broad SMARTS) is 1. The van der Waals surface area contributed by atoms with E-state index in [1.165, 1.54) is 44.9 Å². The van der Waals surface area contributed by atoms with Gasteiger partial charge in [-0.15, -0.1) is 0 Å². The lowest BCUT2D eigenvalue weighted by Crippen LogP contribution is -2.43. The first kappa shape index (κ1) is 34.0. The Morgan fingerprint density at radius 2 is 1.25 bits per heavy atom. The van der Waals surface area contributed by atoms with E-state index < -0.39 is 55.7 Å². The van der Waals surface area contributed by atoms with Crippen LogP contribution in [-0.2, 0) is 23.9 Å². The first-order chi connectivity index (χ1) is 17.2. The summed E-state index contributed by atoms with van der Waals surface area (Å²) in [6.07, 6.45) is 17.6. The molecule has 210 valence electrons. The van der Waals surface area contributed by atoms with Crippen molar-refractivity contribution in [2.24, 2.45) is 0 Å². The molecule has 2 atom stereocenters. The van der Waals surface area contributed by atoms with E-state index in [0.717, 1.165) is 38.5 Å². The number of aliphatic hydroxyl groups is 3. The normalized spacial score (nSPS) is 13.9. The van der Waals surface area contributed by atoms with Crippen LogP contribution in [0.5, 0.6) is 0 Å². The van der Waals surface area contributed by atoms with Crippen molar-refractivity contribution in [2.75, 3.05) is 19.8 Å². The zero-order chi connectivity index (χ0) is 27.1. The molecule has 0 amide bonds. The number of esters is 2. The summed E-state index contributed by atoms with van der Waals surface area (Å²) in [6.45, 7) is 1.16. The lowest BCUT2D eigenvalue weighted by molar-refractivity contribution is -0.174. The molecule has 9 nitrogen and oxygen atoms in total. The van der Waals surface area contributed by atoms with Crippen LogP contribution in [0.2, 0.25) is 0 Å². The molecule has 0 spiro atoms. The molecule has 0 heterocycles. The Hall–Kier alpha value is -1.97. The predicted molar refractivity (Wildman–Crippen MR) is 136 cm³/mol. The van der Waals surface area contributed by atoms with Crippen LogP contribution < -0.4 is 0 Å². The van der Waals surface area contributed by atoms with Crippen LogP contribution in [-0.4, -0.2) is 69.9 Å². The number of aliphatic hydroxyl groups excluding tert-OH is 2. The molecule has 4 N–H and O–H groups in total. The molecule has 0 saturated carbocycles. The second-order valence-electron chi connectivity index (χ2n) is 9.37. The minimum atomic E-state index is -2.67. The average molecular weight is 517 g/mol. The summed E-state index contributed by atoms with van der Waals surface area (Å²) < 4.78 is 9.60. The van der Waals surface area contributed by atoms with Crippen molar-refractivity contribution in [3.8, 4) is 0 Å². The summed E-state index contributed by atoms with van der Waals surface area (Å²) in [6, 6.07) is 0. The fourth-order valence-electron chi connectivity index (χ4n) is 3.57. The number of unbranched alkanes of at least 4 members (excludes halogenated alkanes) is 12. The van der Waals surface area contributed by atoms with Gasteiger partial charge in [0, 0.05) is 0 Å². The summed E-state index contributed by atoms with van der Waals surface area (Å²) in [5, 5.41) is 37.2. The van der Waals surface area contributed by atoms with Gasteiger partial charge >= 0.3 is 17.9 Å². The SMILES string of the molecule is CCCCCCCC/C=C\CCCCCCCCOC(=O)CC(O)(CC(=O)OCC(O)CO)C(=O)O. The molecule has 0 aliphatic heterocycles. The molecule has 9 heteroatoms. The molecule has 0 radical (unpaired) electrons. The van der Waals surface area contributed by atoms with E-state index in [1.807, 2.05) is 0 Å². The van der Waals surface area contributed by atoms with Gasteiger partial charge in [-0.1, -0.05) is 76.9 Å². The quantitative estimate of drug-likeness (QED) is 0.0845. The number of rotatable bonds is 24. The number of carbonyl (C=O) groups excluding carboxylic acids is 2. The van der Waals surface area contributed by atoms with Crippen molar-refractivity contribution < 1.29 is 44.3 Å². The average Bonchev–Trinajstić information content (AvgIpc) is 2.84. The Morgan fingerprint density at radius 1 is 0.778 bits per heavy atom. The number of hydrogen-bond acceptors (Lipinski definition) is 8. The van der Waals surface area contributed by atoms with Gasteiger partial charge in [0.15, 0.2) is 5.60 Å². The minimum Gasteiger partial charge on any atom is -0.479 e. The fourth-order valence-corrected chi connectivity index (χ4v) is 3.57. The number of hydrogen-bond donors (Lipinski definition) is 4. The molecular formula is C27H48O9.